The summed E-state index contributed by atoms with van der Waals surface area (Å²) in [4.78, 5) is 2.44. The Morgan fingerprint density at radius 2 is 2.15 bits per heavy atom. The molecule has 0 amide bonds. The zero-order valence-electron chi connectivity index (χ0n) is 12.0. The lowest BCUT2D eigenvalue weighted by Crippen LogP contribution is -2.63. The lowest BCUT2D eigenvalue weighted by molar-refractivity contribution is -0.0747. The van der Waals surface area contributed by atoms with Crippen LogP contribution in [0.15, 0.2) is 18.2 Å². The average Bonchev–Trinajstić information content (AvgIpc) is 2.44. The Morgan fingerprint density at radius 1 is 1.30 bits per heavy atom. The fourth-order valence-corrected chi connectivity index (χ4v) is 5.24. The van der Waals surface area contributed by atoms with Gasteiger partial charge in [0.05, 0.1) is 6.10 Å². The maximum absolute atomic E-state index is 10.6. The van der Waals surface area contributed by atoms with Crippen LogP contribution >= 0.6 is 0 Å². The van der Waals surface area contributed by atoms with Gasteiger partial charge in [-0.15, -0.1) is 0 Å². The van der Waals surface area contributed by atoms with Crippen LogP contribution in [0, 0.1) is 5.92 Å². The molecule has 20 heavy (non-hydrogen) atoms. The summed E-state index contributed by atoms with van der Waals surface area (Å²) in [6, 6.07) is 6.33. The number of likely N-dealkylation sites (tertiary alicyclic amines) is 1. The van der Waals surface area contributed by atoms with Crippen molar-refractivity contribution in [2.45, 2.75) is 49.7 Å². The molecular formula is C17H23NO2. The summed E-state index contributed by atoms with van der Waals surface area (Å²) in [5, 5.41) is 20.5. The highest BCUT2D eigenvalue weighted by atomic mass is 16.3. The van der Waals surface area contributed by atoms with E-state index in [1.165, 1.54) is 11.1 Å². The topological polar surface area (TPSA) is 43.7 Å². The van der Waals surface area contributed by atoms with E-state index >= 15 is 0 Å². The van der Waals surface area contributed by atoms with Crippen molar-refractivity contribution in [2.24, 2.45) is 5.92 Å². The Labute approximate surface area is 120 Å². The molecule has 2 aliphatic carbocycles. The van der Waals surface area contributed by atoms with Gasteiger partial charge in [0.25, 0.3) is 0 Å². The highest BCUT2D eigenvalue weighted by Gasteiger charge is 2.56. The molecule has 2 fully saturated rings. The standard InChI is InChI=1S/C17H23NO2/c1-18-8-7-17-6-2-3-15(20)16(17)14(18)9-11-4-5-12(19)10-13(11)17/h4-5,10,14-16,19-20H,2-3,6-9H2,1H3/t14-,15?,16-,17+/m1/s1. The fraction of sp³-hybridized carbons (Fsp3) is 0.647. The minimum atomic E-state index is -0.188. The van der Waals surface area contributed by atoms with Crippen LogP contribution in [-0.4, -0.2) is 40.9 Å². The molecule has 0 spiro atoms. The molecule has 2 N–H and O–H groups in total. The van der Waals surface area contributed by atoms with Gasteiger partial charge in [-0.3, -0.25) is 0 Å². The number of likely N-dealkylation sites (N-methyl/N-ethyl adjacent to an activating group) is 1. The van der Waals surface area contributed by atoms with Gasteiger partial charge in [-0.2, -0.15) is 0 Å². The first-order valence-corrected chi connectivity index (χ1v) is 7.82. The van der Waals surface area contributed by atoms with Crippen LogP contribution in [-0.2, 0) is 11.8 Å². The molecule has 1 aromatic carbocycles. The Balaban J connectivity index is 1.92. The first-order chi connectivity index (χ1) is 9.62. The number of aliphatic hydroxyl groups is 1. The second kappa shape index (κ2) is 4.22. The minimum Gasteiger partial charge on any atom is -0.508 e. The predicted molar refractivity (Wildman–Crippen MR) is 77.9 cm³/mol. The zero-order valence-corrected chi connectivity index (χ0v) is 12.0. The van der Waals surface area contributed by atoms with Crippen molar-refractivity contribution in [1.29, 1.82) is 0 Å². The summed E-state index contributed by atoms with van der Waals surface area (Å²) in [6.07, 6.45) is 5.13. The van der Waals surface area contributed by atoms with Crippen LogP contribution in [0.3, 0.4) is 0 Å². The first-order valence-electron chi connectivity index (χ1n) is 7.82. The molecule has 2 bridgehead atoms. The summed E-state index contributed by atoms with van der Waals surface area (Å²) in [7, 11) is 2.20. The number of aliphatic hydroxyl groups excluding tert-OH is 1. The minimum absolute atomic E-state index is 0.0984. The molecule has 1 unspecified atom stereocenters. The third kappa shape index (κ3) is 1.54. The van der Waals surface area contributed by atoms with Crippen molar-refractivity contribution in [3.8, 4) is 5.75 Å². The molecule has 1 saturated heterocycles. The van der Waals surface area contributed by atoms with Gasteiger partial charge in [0.1, 0.15) is 5.75 Å². The monoisotopic (exact) mass is 273 g/mol. The number of benzene rings is 1. The second-order valence-electron chi connectivity index (χ2n) is 6.99. The Morgan fingerprint density at radius 3 is 3.00 bits per heavy atom. The van der Waals surface area contributed by atoms with E-state index in [-0.39, 0.29) is 11.5 Å². The van der Waals surface area contributed by atoms with Gasteiger partial charge >= 0.3 is 0 Å². The van der Waals surface area contributed by atoms with Gasteiger partial charge in [-0.05, 0) is 69.0 Å². The number of phenolic OH excluding ortho intramolecular Hbond substituents is 1. The number of piperidine rings is 1. The SMILES string of the molecule is CN1CC[C@]23CCCC(O)[C@H]2[C@H]1Cc1ccc(O)cc13. The van der Waals surface area contributed by atoms with Gasteiger partial charge in [0.15, 0.2) is 0 Å². The lowest BCUT2D eigenvalue weighted by Gasteiger charge is -2.59. The van der Waals surface area contributed by atoms with Crippen LogP contribution in [0.4, 0.5) is 0 Å². The van der Waals surface area contributed by atoms with Crippen LogP contribution in [0.2, 0.25) is 0 Å². The molecule has 1 saturated carbocycles. The molecule has 108 valence electrons. The van der Waals surface area contributed by atoms with Crippen LogP contribution in [0.5, 0.6) is 5.75 Å². The number of hydrogen-bond donors (Lipinski definition) is 2. The molecule has 4 atom stereocenters. The third-order valence-corrected chi connectivity index (χ3v) is 6.13. The Hall–Kier alpha value is -1.06. The highest BCUT2D eigenvalue weighted by molar-refractivity contribution is 5.45. The van der Waals surface area contributed by atoms with E-state index in [4.69, 9.17) is 0 Å². The Kier molecular flexibility index (Phi) is 2.67. The van der Waals surface area contributed by atoms with Gasteiger partial charge in [0.2, 0.25) is 0 Å². The fourth-order valence-electron chi connectivity index (χ4n) is 5.24. The van der Waals surface area contributed by atoms with Crippen molar-refractivity contribution >= 4 is 0 Å². The largest absolute Gasteiger partial charge is 0.508 e. The smallest absolute Gasteiger partial charge is 0.115 e. The molecule has 3 aliphatic rings. The normalized spacial score (nSPS) is 40.0. The van der Waals surface area contributed by atoms with Gasteiger partial charge in [0, 0.05) is 17.4 Å². The van der Waals surface area contributed by atoms with E-state index in [1.54, 1.807) is 0 Å². The summed E-state index contributed by atoms with van der Waals surface area (Å²) < 4.78 is 0. The molecular weight excluding hydrogens is 250 g/mol. The van der Waals surface area contributed by atoms with E-state index in [9.17, 15) is 10.2 Å². The second-order valence-corrected chi connectivity index (χ2v) is 6.99. The van der Waals surface area contributed by atoms with Crippen molar-refractivity contribution in [2.75, 3.05) is 13.6 Å². The third-order valence-electron chi connectivity index (χ3n) is 6.13. The van der Waals surface area contributed by atoms with Gasteiger partial charge in [-0.25, -0.2) is 0 Å². The summed E-state index contributed by atoms with van der Waals surface area (Å²) >= 11 is 0. The van der Waals surface area contributed by atoms with Gasteiger partial charge in [-0.1, -0.05) is 6.07 Å². The van der Waals surface area contributed by atoms with E-state index in [2.05, 4.69) is 18.0 Å². The van der Waals surface area contributed by atoms with E-state index in [0.29, 0.717) is 17.7 Å². The zero-order chi connectivity index (χ0) is 13.9. The number of aromatic hydroxyl groups is 1. The van der Waals surface area contributed by atoms with E-state index in [1.807, 2.05) is 12.1 Å². The summed E-state index contributed by atoms with van der Waals surface area (Å²) in [6.45, 7) is 1.10. The van der Waals surface area contributed by atoms with E-state index < -0.39 is 0 Å². The van der Waals surface area contributed by atoms with Gasteiger partial charge < -0.3 is 15.1 Å². The number of phenols is 1. The summed E-state index contributed by atoms with van der Waals surface area (Å²) in [5.74, 6) is 0.707. The Bertz CT molecular complexity index is 544. The van der Waals surface area contributed by atoms with Crippen molar-refractivity contribution in [3.05, 3.63) is 29.3 Å². The molecule has 0 aromatic heterocycles. The predicted octanol–water partition coefficient (Wildman–Crippen LogP) is 2.05. The summed E-state index contributed by atoms with van der Waals surface area (Å²) in [5.41, 5.74) is 2.80. The van der Waals surface area contributed by atoms with Crippen molar-refractivity contribution in [3.63, 3.8) is 0 Å². The average molecular weight is 273 g/mol. The maximum Gasteiger partial charge on any atom is 0.115 e. The number of nitrogens with zero attached hydrogens (tertiary/aromatic N) is 1. The van der Waals surface area contributed by atoms with E-state index in [0.717, 1.165) is 38.6 Å². The molecule has 3 heteroatoms. The lowest BCUT2D eigenvalue weighted by atomic mass is 9.51. The number of rotatable bonds is 0. The quantitative estimate of drug-likeness (QED) is 0.760. The van der Waals surface area contributed by atoms with Crippen molar-refractivity contribution < 1.29 is 10.2 Å². The molecule has 3 nitrogen and oxygen atoms in total. The maximum atomic E-state index is 10.6. The molecule has 1 aliphatic heterocycles. The van der Waals surface area contributed by atoms with Crippen LogP contribution < -0.4 is 0 Å². The highest BCUT2D eigenvalue weighted by Crippen LogP contribution is 2.55. The van der Waals surface area contributed by atoms with Crippen molar-refractivity contribution in [1.82, 2.24) is 4.90 Å². The molecule has 1 aromatic rings. The number of fused-ring (bicyclic) bond motifs is 1. The molecule has 0 radical (unpaired) electrons. The first kappa shape index (κ1) is 12.7. The molecule has 1 heterocycles. The van der Waals surface area contributed by atoms with Crippen LogP contribution in [0.1, 0.15) is 36.8 Å². The molecule has 4 rings (SSSR count). The number of hydrogen-bond acceptors (Lipinski definition) is 3. The van der Waals surface area contributed by atoms with Crippen LogP contribution in [0.25, 0.3) is 0 Å².